The van der Waals surface area contributed by atoms with E-state index in [1.165, 1.54) is 0 Å². The van der Waals surface area contributed by atoms with Crippen LogP contribution in [0.4, 0.5) is 0 Å². The molecular formula is C12H17N3O3S. The summed E-state index contributed by atoms with van der Waals surface area (Å²) in [4.78, 5) is 31.1. The van der Waals surface area contributed by atoms with Crippen molar-refractivity contribution in [3.63, 3.8) is 0 Å². The first-order valence-corrected chi connectivity index (χ1v) is 6.77. The summed E-state index contributed by atoms with van der Waals surface area (Å²) in [6.07, 6.45) is 0. The summed E-state index contributed by atoms with van der Waals surface area (Å²) in [5.41, 5.74) is 0.470. The number of nitrogens with one attached hydrogen (secondary N) is 1. The van der Waals surface area contributed by atoms with Crippen molar-refractivity contribution in [2.75, 3.05) is 6.54 Å². The van der Waals surface area contributed by atoms with Gasteiger partial charge in [0.1, 0.15) is 16.4 Å². The van der Waals surface area contributed by atoms with Crippen molar-refractivity contribution < 1.29 is 14.7 Å². The number of hydrogen-bond acceptors (Lipinski definition) is 5. The van der Waals surface area contributed by atoms with Gasteiger partial charge in [-0.2, -0.15) is 0 Å². The number of aryl methyl sites for hydroxylation is 2. The maximum Gasteiger partial charge on any atom is 0.340 e. The lowest BCUT2D eigenvalue weighted by molar-refractivity contribution is -0.120. The fourth-order valence-electron chi connectivity index (χ4n) is 1.55. The molecule has 1 atom stereocenters. The molecule has 2 N–H and O–H groups in total. The number of aromatic nitrogens is 2. The van der Waals surface area contributed by atoms with E-state index in [2.05, 4.69) is 15.3 Å². The topological polar surface area (TPSA) is 92.2 Å². The van der Waals surface area contributed by atoms with Crippen molar-refractivity contribution in [2.45, 2.75) is 38.0 Å². The fraction of sp³-hybridized carbons (Fsp3) is 0.500. The van der Waals surface area contributed by atoms with Gasteiger partial charge in [-0.25, -0.2) is 14.8 Å². The molecule has 0 saturated heterocycles. The van der Waals surface area contributed by atoms with E-state index in [9.17, 15) is 14.7 Å². The molecule has 0 aliphatic rings. The Morgan fingerprint density at radius 1 is 1.37 bits per heavy atom. The van der Waals surface area contributed by atoms with E-state index in [-0.39, 0.29) is 11.5 Å². The second-order valence-electron chi connectivity index (χ2n) is 4.00. The van der Waals surface area contributed by atoms with Crippen LogP contribution in [-0.4, -0.2) is 38.7 Å². The van der Waals surface area contributed by atoms with Crippen molar-refractivity contribution in [3.05, 3.63) is 17.1 Å². The fourth-order valence-corrected chi connectivity index (χ4v) is 2.61. The van der Waals surface area contributed by atoms with E-state index in [0.717, 1.165) is 11.8 Å². The van der Waals surface area contributed by atoms with E-state index >= 15 is 0 Å². The number of hydrogen-bond donors (Lipinski definition) is 2. The van der Waals surface area contributed by atoms with Gasteiger partial charge in [-0.1, -0.05) is 11.8 Å². The number of amides is 1. The van der Waals surface area contributed by atoms with E-state index in [4.69, 9.17) is 0 Å². The number of carboxylic acids is 1. The summed E-state index contributed by atoms with van der Waals surface area (Å²) >= 11 is 1.13. The van der Waals surface area contributed by atoms with E-state index in [1.54, 1.807) is 20.8 Å². The summed E-state index contributed by atoms with van der Waals surface area (Å²) in [5.74, 6) is -0.728. The van der Waals surface area contributed by atoms with Crippen LogP contribution < -0.4 is 5.32 Å². The van der Waals surface area contributed by atoms with Crippen LogP contribution in [-0.2, 0) is 4.79 Å². The molecule has 1 amide bonds. The minimum Gasteiger partial charge on any atom is -0.478 e. The predicted octanol–water partition coefficient (Wildman–Crippen LogP) is 1.41. The highest BCUT2D eigenvalue weighted by Gasteiger charge is 2.22. The lowest BCUT2D eigenvalue weighted by Gasteiger charge is -2.13. The Balaban J connectivity index is 3.06. The molecule has 0 bridgehead atoms. The number of aromatic carboxylic acids is 1. The summed E-state index contributed by atoms with van der Waals surface area (Å²) < 4.78 is 0. The quantitative estimate of drug-likeness (QED) is 0.627. The van der Waals surface area contributed by atoms with Crippen LogP contribution in [0.2, 0.25) is 0 Å². The molecular weight excluding hydrogens is 266 g/mol. The Labute approximate surface area is 116 Å². The van der Waals surface area contributed by atoms with Crippen LogP contribution in [0.15, 0.2) is 5.03 Å². The molecule has 1 rings (SSSR count). The summed E-state index contributed by atoms with van der Waals surface area (Å²) in [5, 5.41) is 11.8. The maximum absolute atomic E-state index is 11.7. The van der Waals surface area contributed by atoms with E-state index in [1.807, 2.05) is 6.92 Å². The normalized spacial score (nSPS) is 12.0. The molecule has 1 aromatic heterocycles. The summed E-state index contributed by atoms with van der Waals surface area (Å²) in [7, 11) is 0. The van der Waals surface area contributed by atoms with E-state index in [0.29, 0.717) is 23.1 Å². The van der Waals surface area contributed by atoms with Gasteiger partial charge >= 0.3 is 5.97 Å². The number of thioether (sulfide) groups is 1. The molecule has 6 nitrogen and oxygen atoms in total. The molecule has 0 radical (unpaired) electrons. The minimum atomic E-state index is -1.08. The minimum absolute atomic E-state index is 0.0618. The van der Waals surface area contributed by atoms with Gasteiger partial charge in [-0.3, -0.25) is 4.79 Å². The lowest BCUT2D eigenvalue weighted by atomic mass is 10.2. The van der Waals surface area contributed by atoms with Crippen LogP contribution in [0.5, 0.6) is 0 Å². The number of carboxylic acid groups (broad SMARTS) is 1. The van der Waals surface area contributed by atoms with Gasteiger partial charge in [0.25, 0.3) is 0 Å². The Hall–Kier alpha value is -1.63. The average Bonchev–Trinajstić information content (AvgIpc) is 2.27. The first-order valence-electron chi connectivity index (χ1n) is 5.89. The van der Waals surface area contributed by atoms with Crippen molar-refractivity contribution >= 4 is 23.6 Å². The Morgan fingerprint density at radius 2 is 2.00 bits per heavy atom. The third-order valence-electron chi connectivity index (χ3n) is 2.39. The number of rotatable bonds is 5. The number of nitrogens with zero attached hydrogens (tertiary/aromatic N) is 2. The van der Waals surface area contributed by atoms with E-state index < -0.39 is 11.2 Å². The van der Waals surface area contributed by atoms with Gasteiger partial charge < -0.3 is 10.4 Å². The molecule has 7 heteroatoms. The first-order chi connectivity index (χ1) is 8.86. The third-order valence-corrected chi connectivity index (χ3v) is 3.48. The predicted molar refractivity (Wildman–Crippen MR) is 72.5 cm³/mol. The zero-order chi connectivity index (χ0) is 14.6. The van der Waals surface area contributed by atoms with Crippen LogP contribution in [0.25, 0.3) is 0 Å². The third kappa shape index (κ3) is 3.92. The van der Waals surface area contributed by atoms with Gasteiger partial charge in [0.2, 0.25) is 5.91 Å². The smallest absolute Gasteiger partial charge is 0.340 e. The molecule has 1 unspecified atom stereocenters. The molecule has 104 valence electrons. The standard InChI is InChI=1S/C12H17N3O3S/c1-5-13-10(16)7(3)19-11-9(12(17)18)6(2)14-8(4)15-11/h7H,5H2,1-4H3,(H,13,16)(H,17,18). The SMILES string of the molecule is CCNC(=O)C(C)Sc1nc(C)nc(C)c1C(=O)O. The molecule has 1 aromatic rings. The Morgan fingerprint density at radius 3 is 2.53 bits per heavy atom. The monoisotopic (exact) mass is 283 g/mol. The van der Waals surface area contributed by atoms with Gasteiger partial charge in [-0.05, 0) is 27.7 Å². The van der Waals surface area contributed by atoms with Gasteiger partial charge in [0, 0.05) is 6.54 Å². The number of carbonyl (C=O) groups is 2. The number of carbonyl (C=O) groups excluding carboxylic acids is 1. The summed E-state index contributed by atoms with van der Waals surface area (Å²) in [6.45, 7) is 7.40. The molecule has 19 heavy (non-hydrogen) atoms. The van der Waals surface area contributed by atoms with Crippen LogP contribution in [0.1, 0.15) is 35.7 Å². The molecule has 0 aromatic carbocycles. The first kappa shape index (κ1) is 15.4. The maximum atomic E-state index is 11.7. The highest BCUT2D eigenvalue weighted by atomic mass is 32.2. The Kier molecular flexibility index (Phi) is 5.29. The molecule has 0 fully saturated rings. The molecule has 0 saturated carbocycles. The Bertz CT molecular complexity index is 505. The largest absolute Gasteiger partial charge is 0.478 e. The average molecular weight is 283 g/mol. The van der Waals surface area contributed by atoms with Crippen molar-refractivity contribution in [3.8, 4) is 0 Å². The zero-order valence-electron chi connectivity index (χ0n) is 11.4. The summed E-state index contributed by atoms with van der Waals surface area (Å²) in [6, 6.07) is 0. The lowest BCUT2D eigenvalue weighted by Crippen LogP contribution is -2.30. The molecule has 0 aliphatic carbocycles. The highest BCUT2D eigenvalue weighted by molar-refractivity contribution is 8.00. The van der Waals surface area contributed by atoms with Gasteiger partial charge in [0.05, 0.1) is 10.9 Å². The molecule has 0 spiro atoms. The van der Waals surface area contributed by atoms with Crippen molar-refractivity contribution in [2.24, 2.45) is 0 Å². The van der Waals surface area contributed by atoms with Crippen LogP contribution >= 0.6 is 11.8 Å². The van der Waals surface area contributed by atoms with Crippen molar-refractivity contribution in [1.82, 2.24) is 15.3 Å². The molecule has 0 aliphatic heterocycles. The molecule has 1 heterocycles. The second-order valence-corrected chi connectivity index (χ2v) is 5.33. The van der Waals surface area contributed by atoms with Crippen LogP contribution in [0, 0.1) is 13.8 Å². The highest BCUT2D eigenvalue weighted by Crippen LogP contribution is 2.26. The second kappa shape index (κ2) is 6.51. The van der Waals surface area contributed by atoms with Gasteiger partial charge in [-0.15, -0.1) is 0 Å². The van der Waals surface area contributed by atoms with Crippen molar-refractivity contribution in [1.29, 1.82) is 0 Å². The van der Waals surface area contributed by atoms with Crippen LogP contribution in [0.3, 0.4) is 0 Å². The van der Waals surface area contributed by atoms with Gasteiger partial charge in [0.15, 0.2) is 0 Å². The zero-order valence-corrected chi connectivity index (χ0v) is 12.2.